The Bertz CT molecular complexity index is 963. The molecule has 1 atom stereocenters. The molecule has 0 aliphatic carbocycles. The third-order valence-corrected chi connectivity index (χ3v) is 6.63. The molecule has 5 nitrogen and oxygen atoms in total. The van der Waals surface area contributed by atoms with Gasteiger partial charge < -0.3 is 14.0 Å². The SMILES string of the molecule is COc1ccc(C(=O)CC[PH](=O)C(=O)c2c(C)cc(C(C)(C)C)cc2C)c(OC)c1. The molecule has 0 aliphatic heterocycles. The molecule has 2 aromatic carbocycles. The van der Waals surface area contributed by atoms with Crippen molar-refractivity contribution in [3.8, 4) is 11.5 Å². The Morgan fingerprint density at radius 1 is 0.967 bits per heavy atom. The molecule has 0 aliphatic rings. The lowest BCUT2D eigenvalue weighted by atomic mass is 9.84. The molecule has 1 unspecified atom stereocenters. The van der Waals surface area contributed by atoms with Gasteiger partial charge in [-0.25, -0.2) is 0 Å². The first-order valence-electron chi connectivity index (χ1n) is 9.94. The van der Waals surface area contributed by atoms with Crippen LogP contribution in [-0.4, -0.2) is 31.7 Å². The van der Waals surface area contributed by atoms with Gasteiger partial charge in [0.2, 0.25) is 5.52 Å². The number of Topliss-reactive ketones (excluding diaryl/α,β-unsaturated/α-hetero) is 1. The second-order valence-electron chi connectivity index (χ2n) is 8.48. The zero-order valence-electron chi connectivity index (χ0n) is 18.8. The molecule has 0 aromatic heterocycles. The Hall–Kier alpha value is -2.39. The predicted molar refractivity (Wildman–Crippen MR) is 121 cm³/mol. The number of methoxy groups -OCH3 is 2. The summed E-state index contributed by atoms with van der Waals surface area (Å²) in [7, 11) is 0.390. The van der Waals surface area contributed by atoms with Crippen LogP contribution in [0.1, 0.15) is 64.6 Å². The summed E-state index contributed by atoms with van der Waals surface area (Å²) in [6.07, 6.45) is 0.0574. The fraction of sp³-hybridized carbons (Fsp3) is 0.417. The van der Waals surface area contributed by atoms with Gasteiger partial charge in [0, 0.05) is 24.2 Å². The van der Waals surface area contributed by atoms with Crippen molar-refractivity contribution < 1.29 is 23.6 Å². The molecule has 0 radical (unpaired) electrons. The summed E-state index contributed by atoms with van der Waals surface area (Å²) in [6.45, 7) is 10.1. The van der Waals surface area contributed by atoms with Crippen LogP contribution in [0.3, 0.4) is 0 Å². The molecule has 2 aromatic rings. The minimum absolute atomic E-state index is 0.0182. The first-order chi connectivity index (χ1) is 14.0. The summed E-state index contributed by atoms with van der Waals surface area (Å²) < 4.78 is 23.2. The van der Waals surface area contributed by atoms with Gasteiger partial charge in [0.25, 0.3) is 0 Å². The van der Waals surface area contributed by atoms with Crippen molar-refractivity contribution in [2.24, 2.45) is 0 Å². The average Bonchev–Trinajstić information content (AvgIpc) is 2.69. The van der Waals surface area contributed by atoms with E-state index in [0.29, 0.717) is 22.6 Å². The summed E-state index contributed by atoms with van der Waals surface area (Å²) in [6, 6.07) is 8.91. The highest BCUT2D eigenvalue weighted by Gasteiger charge is 2.23. The summed E-state index contributed by atoms with van der Waals surface area (Å²) in [5.41, 5.74) is 3.30. The number of hydrogen-bond donors (Lipinski definition) is 0. The van der Waals surface area contributed by atoms with Crippen LogP contribution >= 0.6 is 7.80 Å². The van der Waals surface area contributed by atoms with Crippen LogP contribution in [0.15, 0.2) is 30.3 Å². The predicted octanol–water partition coefficient (Wildman–Crippen LogP) is 5.59. The topological polar surface area (TPSA) is 69.7 Å². The Labute approximate surface area is 179 Å². The number of hydrogen-bond acceptors (Lipinski definition) is 5. The monoisotopic (exact) mass is 430 g/mol. The summed E-state index contributed by atoms with van der Waals surface area (Å²) in [4.78, 5) is 25.5. The molecule has 162 valence electrons. The van der Waals surface area contributed by atoms with Crippen LogP contribution in [0.5, 0.6) is 11.5 Å². The van der Waals surface area contributed by atoms with E-state index in [4.69, 9.17) is 9.47 Å². The molecular formula is C24H31O5P. The second-order valence-corrected chi connectivity index (χ2v) is 10.3. The normalized spacial score (nSPS) is 12.4. The van der Waals surface area contributed by atoms with E-state index in [1.165, 1.54) is 14.2 Å². The lowest BCUT2D eigenvalue weighted by molar-refractivity contribution is 0.0986. The molecular weight excluding hydrogens is 399 g/mol. The Balaban J connectivity index is 2.16. The van der Waals surface area contributed by atoms with Crippen LogP contribution in [0.25, 0.3) is 0 Å². The van der Waals surface area contributed by atoms with E-state index in [0.717, 1.165) is 16.7 Å². The van der Waals surface area contributed by atoms with Crippen LogP contribution in [0, 0.1) is 13.8 Å². The summed E-state index contributed by atoms with van der Waals surface area (Å²) in [5.74, 6) is 0.767. The van der Waals surface area contributed by atoms with Crippen LogP contribution in [0.2, 0.25) is 0 Å². The quantitative estimate of drug-likeness (QED) is 0.403. The number of benzene rings is 2. The number of aryl methyl sites for hydroxylation is 2. The molecule has 0 fully saturated rings. The molecule has 2 rings (SSSR count). The van der Waals surface area contributed by atoms with Crippen molar-refractivity contribution in [2.45, 2.75) is 46.5 Å². The van der Waals surface area contributed by atoms with Crippen LogP contribution < -0.4 is 9.47 Å². The van der Waals surface area contributed by atoms with Gasteiger partial charge in [-0.15, -0.1) is 0 Å². The average molecular weight is 430 g/mol. The van der Waals surface area contributed by atoms with Crippen LogP contribution in [0.4, 0.5) is 0 Å². The summed E-state index contributed by atoms with van der Waals surface area (Å²) >= 11 is 0. The fourth-order valence-electron chi connectivity index (χ4n) is 3.40. The van der Waals surface area contributed by atoms with Crippen molar-refractivity contribution in [3.63, 3.8) is 0 Å². The molecule has 6 heteroatoms. The lowest BCUT2D eigenvalue weighted by Crippen LogP contribution is -2.13. The lowest BCUT2D eigenvalue weighted by Gasteiger charge is -2.22. The van der Waals surface area contributed by atoms with Gasteiger partial charge in [-0.3, -0.25) is 9.59 Å². The number of carbonyl (C=O) groups excluding carboxylic acids is 2. The largest absolute Gasteiger partial charge is 0.497 e. The molecule has 0 saturated carbocycles. The van der Waals surface area contributed by atoms with Crippen molar-refractivity contribution in [1.82, 2.24) is 0 Å². The Kier molecular flexibility index (Phi) is 7.65. The highest BCUT2D eigenvalue weighted by Crippen LogP contribution is 2.34. The van der Waals surface area contributed by atoms with E-state index in [1.807, 2.05) is 26.0 Å². The van der Waals surface area contributed by atoms with E-state index in [2.05, 4.69) is 20.8 Å². The molecule has 0 N–H and O–H groups in total. The fourth-order valence-corrected chi connectivity index (χ4v) is 4.75. The van der Waals surface area contributed by atoms with Gasteiger partial charge in [0.15, 0.2) is 5.78 Å². The molecule has 0 amide bonds. The standard InChI is InChI=1S/C24H31O5P/c1-15-12-17(24(3,4)5)13-16(2)22(15)23(26)30(27)11-10-20(25)19-9-8-18(28-6)14-21(19)29-7/h8-9,12-14,30H,10-11H2,1-7H3. The maximum Gasteiger partial charge on any atom is 0.219 e. The Morgan fingerprint density at radius 3 is 2.07 bits per heavy atom. The number of carbonyl (C=O) groups is 2. The maximum absolute atomic E-state index is 12.9. The van der Waals surface area contributed by atoms with Gasteiger partial charge in [-0.05, 0) is 48.1 Å². The zero-order valence-corrected chi connectivity index (χ0v) is 19.8. The van der Waals surface area contributed by atoms with E-state index < -0.39 is 7.80 Å². The van der Waals surface area contributed by atoms with Gasteiger partial charge in [-0.2, -0.15) is 0 Å². The molecule has 0 heterocycles. The van der Waals surface area contributed by atoms with E-state index in [9.17, 15) is 14.2 Å². The van der Waals surface area contributed by atoms with E-state index in [1.54, 1.807) is 18.2 Å². The van der Waals surface area contributed by atoms with Crippen molar-refractivity contribution in [2.75, 3.05) is 20.4 Å². The first-order valence-corrected chi connectivity index (χ1v) is 11.6. The molecule has 0 spiro atoms. The summed E-state index contributed by atoms with van der Waals surface area (Å²) in [5, 5.41) is 0. The van der Waals surface area contributed by atoms with Crippen LogP contribution in [-0.2, 0) is 9.98 Å². The van der Waals surface area contributed by atoms with Gasteiger partial charge in [-0.1, -0.05) is 32.9 Å². The van der Waals surface area contributed by atoms with Crippen molar-refractivity contribution in [1.29, 1.82) is 0 Å². The highest BCUT2D eigenvalue weighted by atomic mass is 31.1. The van der Waals surface area contributed by atoms with Crippen molar-refractivity contribution in [3.05, 3.63) is 58.1 Å². The number of ketones is 1. The zero-order chi connectivity index (χ0) is 22.6. The third-order valence-electron chi connectivity index (χ3n) is 5.17. The molecule has 0 bridgehead atoms. The molecule has 0 saturated heterocycles. The first kappa shape index (κ1) is 23.9. The maximum atomic E-state index is 12.9. The number of rotatable bonds is 8. The van der Waals surface area contributed by atoms with Crippen molar-refractivity contribution >= 4 is 19.1 Å². The third kappa shape index (κ3) is 5.40. The van der Waals surface area contributed by atoms with Gasteiger partial charge >= 0.3 is 0 Å². The minimum atomic E-state index is -2.62. The van der Waals surface area contributed by atoms with E-state index >= 15 is 0 Å². The van der Waals surface area contributed by atoms with Gasteiger partial charge in [0.05, 0.1) is 19.8 Å². The highest BCUT2D eigenvalue weighted by molar-refractivity contribution is 7.64. The number of ether oxygens (including phenoxy) is 2. The smallest absolute Gasteiger partial charge is 0.219 e. The van der Waals surface area contributed by atoms with E-state index in [-0.39, 0.29) is 29.3 Å². The Morgan fingerprint density at radius 2 is 1.57 bits per heavy atom. The molecule has 30 heavy (non-hydrogen) atoms. The van der Waals surface area contributed by atoms with Gasteiger partial charge in [0.1, 0.15) is 19.3 Å². The second kappa shape index (κ2) is 9.61. The minimum Gasteiger partial charge on any atom is -0.497 e.